The first-order valence-corrected chi connectivity index (χ1v) is 7.65. The molecule has 0 saturated carbocycles. The molecule has 0 aliphatic rings. The Morgan fingerprint density at radius 1 is 1.38 bits per heavy atom. The van der Waals surface area contributed by atoms with Crippen molar-refractivity contribution in [3.8, 4) is 5.75 Å². The summed E-state index contributed by atoms with van der Waals surface area (Å²) in [5.41, 5.74) is 0.0165. The van der Waals surface area contributed by atoms with Crippen LogP contribution in [0.2, 0.25) is 0 Å². The molecule has 21 heavy (non-hydrogen) atoms. The van der Waals surface area contributed by atoms with E-state index in [1.54, 1.807) is 6.92 Å². The van der Waals surface area contributed by atoms with Crippen LogP contribution in [-0.2, 0) is 4.79 Å². The summed E-state index contributed by atoms with van der Waals surface area (Å²) in [4.78, 5) is 12.0. The Labute approximate surface area is 126 Å². The molecule has 1 unspecified atom stereocenters. The van der Waals surface area contributed by atoms with E-state index in [1.807, 2.05) is 0 Å². The maximum atomic E-state index is 12.3. The van der Waals surface area contributed by atoms with Crippen LogP contribution in [0.4, 0.5) is 18.9 Å². The topological polar surface area (TPSA) is 38.3 Å². The van der Waals surface area contributed by atoms with E-state index >= 15 is 0 Å². The van der Waals surface area contributed by atoms with Crippen molar-refractivity contribution in [1.29, 1.82) is 0 Å². The van der Waals surface area contributed by atoms with E-state index in [-0.39, 0.29) is 16.8 Å². The Morgan fingerprint density at radius 3 is 2.67 bits per heavy atom. The minimum absolute atomic E-state index is 0.0165. The van der Waals surface area contributed by atoms with E-state index in [0.29, 0.717) is 0 Å². The first-order chi connectivity index (χ1) is 9.83. The van der Waals surface area contributed by atoms with Gasteiger partial charge in [0.05, 0.1) is 10.9 Å². The molecular weight excluding hydrogens is 303 g/mol. The normalized spacial score (nSPS) is 12.8. The zero-order chi connectivity index (χ0) is 15.9. The van der Waals surface area contributed by atoms with E-state index in [1.165, 1.54) is 30.0 Å². The molecule has 1 amide bonds. The van der Waals surface area contributed by atoms with E-state index < -0.39 is 12.1 Å². The van der Waals surface area contributed by atoms with Crippen molar-refractivity contribution in [1.82, 2.24) is 0 Å². The molecule has 0 aliphatic heterocycles. The van der Waals surface area contributed by atoms with Crippen LogP contribution in [0.5, 0.6) is 5.75 Å². The summed E-state index contributed by atoms with van der Waals surface area (Å²) in [6, 6.07) is 5.49. The van der Waals surface area contributed by atoms with E-state index in [4.69, 9.17) is 0 Å². The van der Waals surface area contributed by atoms with E-state index in [9.17, 15) is 18.0 Å². The first kappa shape index (κ1) is 17.7. The molecule has 0 spiro atoms. The smallest absolute Gasteiger partial charge is 0.404 e. The Hall–Kier alpha value is -1.37. The Kier molecular flexibility index (Phi) is 6.87. The maximum absolute atomic E-state index is 12.3. The van der Waals surface area contributed by atoms with Crippen molar-refractivity contribution in [3.63, 3.8) is 0 Å². The monoisotopic (exact) mass is 321 g/mol. The van der Waals surface area contributed by atoms with Gasteiger partial charge in [-0.05, 0) is 31.2 Å². The van der Waals surface area contributed by atoms with Crippen LogP contribution >= 0.6 is 11.8 Å². The van der Waals surface area contributed by atoms with Crippen LogP contribution in [0.1, 0.15) is 26.7 Å². The highest BCUT2D eigenvalue weighted by atomic mass is 32.2. The fraction of sp³-hybridized carbons (Fsp3) is 0.500. The average molecular weight is 321 g/mol. The van der Waals surface area contributed by atoms with Gasteiger partial charge in [0.15, 0.2) is 5.75 Å². The SMILES string of the molecule is CCCCSC(C)C(=O)Nc1ccccc1OC(F)(F)F. The first-order valence-electron chi connectivity index (χ1n) is 6.60. The number of benzene rings is 1. The number of rotatable bonds is 7. The molecule has 1 aromatic carbocycles. The molecule has 1 aromatic rings. The van der Waals surface area contributed by atoms with Crippen LogP contribution in [0.3, 0.4) is 0 Å². The molecule has 1 rings (SSSR count). The van der Waals surface area contributed by atoms with Crippen molar-refractivity contribution < 1.29 is 22.7 Å². The van der Waals surface area contributed by atoms with Crippen LogP contribution in [0.25, 0.3) is 0 Å². The van der Waals surface area contributed by atoms with Gasteiger partial charge in [0.1, 0.15) is 0 Å². The van der Waals surface area contributed by atoms with Crippen LogP contribution in [-0.4, -0.2) is 23.3 Å². The number of unbranched alkanes of at least 4 members (excludes halogenated alkanes) is 1. The van der Waals surface area contributed by atoms with Gasteiger partial charge in [0.25, 0.3) is 0 Å². The third-order valence-electron chi connectivity index (χ3n) is 2.61. The van der Waals surface area contributed by atoms with Gasteiger partial charge in [-0.1, -0.05) is 25.5 Å². The number of carbonyl (C=O) groups is 1. The standard InChI is InChI=1S/C14H18F3NO2S/c1-3-4-9-21-10(2)13(19)18-11-7-5-6-8-12(11)20-14(15,16)17/h5-8,10H,3-4,9H2,1-2H3,(H,18,19). The van der Waals surface area contributed by atoms with Crippen LogP contribution < -0.4 is 10.1 Å². The lowest BCUT2D eigenvalue weighted by Crippen LogP contribution is -2.24. The summed E-state index contributed by atoms with van der Waals surface area (Å²) < 4.78 is 40.7. The molecule has 0 radical (unpaired) electrons. The number of alkyl halides is 3. The van der Waals surface area contributed by atoms with Gasteiger partial charge in [-0.25, -0.2) is 0 Å². The number of hydrogen-bond acceptors (Lipinski definition) is 3. The van der Waals surface area contributed by atoms with Gasteiger partial charge in [-0.2, -0.15) is 0 Å². The quantitative estimate of drug-likeness (QED) is 0.754. The summed E-state index contributed by atoms with van der Waals surface area (Å²) in [5.74, 6) is 0.0876. The maximum Gasteiger partial charge on any atom is 0.573 e. The highest BCUT2D eigenvalue weighted by Crippen LogP contribution is 2.30. The molecule has 0 bridgehead atoms. The zero-order valence-corrected chi connectivity index (χ0v) is 12.7. The molecule has 0 aromatic heterocycles. The van der Waals surface area contributed by atoms with Crippen molar-refractivity contribution in [2.45, 2.75) is 38.3 Å². The number of para-hydroxylation sites is 2. The summed E-state index contributed by atoms with van der Waals surface area (Å²) in [6.07, 6.45) is -2.76. The summed E-state index contributed by atoms with van der Waals surface area (Å²) in [5, 5.41) is 2.14. The van der Waals surface area contributed by atoms with Crippen molar-refractivity contribution in [3.05, 3.63) is 24.3 Å². The third kappa shape index (κ3) is 6.75. The van der Waals surface area contributed by atoms with Gasteiger partial charge in [-0.15, -0.1) is 24.9 Å². The largest absolute Gasteiger partial charge is 0.573 e. The summed E-state index contributed by atoms with van der Waals surface area (Å²) >= 11 is 1.47. The Morgan fingerprint density at radius 2 is 2.05 bits per heavy atom. The van der Waals surface area contributed by atoms with Gasteiger partial charge in [0, 0.05) is 0 Å². The molecule has 0 aliphatic carbocycles. The lowest BCUT2D eigenvalue weighted by Gasteiger charge is -2.16. The molecule has 3 nitrogen and oxygen atoms in total. The number of ether oxygens (including phenoxy) is 1. The van der Waals surface area contributed by atoms with E-state index in [2.05, 4.69) is 17.0 Å². The Bertz CT molecular complexity index is 466. The highest BCUT2D eigenvalue weighted by molar-refractivity contribution is 8.00. The summed E-state index contributed by atoms with van der Waals surface area (Å²) in [6.45, 7) is 3.78. The lowest BCUT2D eigenvalue weighted by molar-refractivity contribution is -0.274. The molecule has 1 atom stereocenters. The predicted molar refractivity (Wildman–Crippen MR) is 78.6 cm³/mol. The molecule has 0 fully saturated rings. The molecule has 1 N–H and O–H groups in total. The number of anilines is 1. The summed E-state index contributed by atoms with van der Waals surface area (Å²) in [7, 11) is 0. The van der Waals surface area contributed by atoms with Gasteiger partial charge >= 0.3 is 6.36 Å². The van der Waals surface area contributed by atoms with Crippen molar-refractivity contribution >= 4 is 23.4 Å². The van der Waals surface area contributed by atoms with Gasteiger partial charge in [-0.3, -0.25) is 4.79 Å². The minimum atomic E-state index is -4.79. The predicted octanol–water partition coefficient (Wildman–Crippen LogP) is 4.45. The number of carbonyl (C=O) groups excluding carboxylic acids is 1. The third-order valence-corrected chi connectivity index (χ3v) is 3.84. The highest BCUT2D eigenvalue weighted by Gasteiger charge is 2.32. The number of halogens is 3. The second kappa shape index (κ2) is 8.17. The molecule has 0 heterocycles. The van der Waals surface area contributed by atoms with Gasteiger partial charge < -0.3 is 10.1 Å². The minimum Gasteiger partial charge on any atom is -0.404 e. The number of thioether (sulfide) groups is 1. The second-order valence-electron chi connectivity index (χ2n) is 4.40. The molecule has 0 saturated heterocycles. The number of nitrogens with one attached hydrogen (secondary N) is 1. The fourth-order valence-corrected chi connectivity index (χ4v) is 2.52. The van der Waals surface area contributed by atoms with E-state index in [0.717, 1.165) is 24.7 Å². The van der Waals surface area contributed by atoms with Crippen LogP contribution in [0, 0.1) is 0 Å². The van der Waals surface area contributed by atoms with Gasteiger partial charge in [0.2, 0.25) is 5.91 Å². The lowest BCUT2D eigenvalue weighted by atomic mass is 10.3. The molecular formula is C14H18F3NO2S. The Balaban J connectivity index is 2.67. The average Bonchev–Trinajstić information content (AvgIpc) is 2.39. The van der Waals surface area contributed by atoms with Crippen molar-refractivity contribution in [2.75, 3.05) is 11.1 Å². The molecule has 7 heteroatoms. The van der Waals surface area contributed by atoms with Crippen molar-refractivity contribution in [2.24, 2.45) is 0 Å². The molecule has 118 valence electrons. The number of amides is 1. The fourth-order valence-electron chi connectivity index (χ4n) is 1.50. The zero-order valence-electron chi connectivity index (χ0n) is 11.9. The second-order valence-corrected chi connectivity index (χ2v) is 5.85. The van der Waals surface area contributed by atoms with Crippen LogP contribution in [0.15, 0.2) is 24.3 Å². The number of hydrogen-bond donors (Lipinski definition) is 1.